The molecule has 2 aliphatic rings. The Kier molecular flexibility index (Phi) is 8.45. The molecule has 3 aromatic carbocycles. The molecule has 3 aromatic rings. The first-order valence-corrected chi connectivity index (χ1v) is 13.9. The molecule has 2 fully saturated rings. The Morgan fingerprint density at radius 3 is 2.21 bits per heavy atom. The van der Waals surface area contributed by atoms with Gasteiger partial charge in [0.25, 0.3) is 11.8 Å². The summed E-state index contributed by atoms with van der Waals surface area (Å²) in [5.74, 6) is -0.462. The van der Waals surface area contributed by atoms with Crippen molar-refractivity contribution in [1.82, 2.24) is 15.1 Å². The SMILES string of the molecule is COc1ccc(C(=O)N2CCC3(CC2)OC[C@@H](C(=O)NCc2cccc(C(F)(F)F)c2)N3C(=O)c2ccc(C)cc2)cc1. The van der Waals surface area contributed by atoms with Crippen LogP contribution in [0.5, 0.6) is 5.75 Å². The van der Waals surface area contributed by atoms with E-state index in [0.29, 0.717) is 30.0 Å². The first kappa shape index (κ1) is 30.1. The molecule has 0 unspecified atom stereocenters. The zero-order valence-electron chi connectivity index (χ0n) is 23.8. The van der Waals surface area contributed by atoms with Gasteiger partial charge in [0.15, 0.2) is 0 Å². The van der Waals surface area contributed by atoms with Crippen LogP contribution in [0.1, 0.15) is 50.2 Å². The highest BCUT2D eigenvalue weighted by molar-refractivity contribution is 5.98. The summed E-state index contributed by atoms with van der Waals surface area (Å²) in [4.78, 5) is 43.7. The number of rotatable bonds is 6. The van der Waals surface area contributed by atoms with Gasteiger partial charge in [0.2, 0.25) is 5.91 Å². The molecular weight excluding hydrogens is 563 g/mol. The number of likely N-dealkylation sites (tertiary alicyclic amines) is 1. The van der Waals surface area contributed by atoms with Crippen molar-refractivity contribution < 1.29 is 37.0 Å². The molecule has 8 nitrogen and oxygen atoms in total. The quantitative estimate of drug-likeness (QED) is 0.442. The first-order chi connectivity index (χ1) is 20.5. The van der Waals surface area contributed by atoms with E-state index in [1.165, 1.54) is 17.0 Å². The number of halogens is 3. The van der Waals surface area contributed by atoms with Gasteiger partial charge in [-0.2, -0.15) is 13.2 Å². The van der Waals surface area contributed by atoms with Gasteiger partial charge in [0.05, 0.1) is 19.3 Å². The van der Waals surface area contributed by atoms with Crippen molar-refractivity contribution in [2.45, 2.75) is 44.3 Å². The number of carbonyl (C=O) groups is 3. The average molecular weight is 596 g/mol. The second-order valence-corrected chi connectivity index (χ2v) is 10.8. The first-order valence-electron chi connectivity index (χ1n) is 13.9. The van der Waals surface area contributed by atoms with Gasteiger partial charge in [-0.25, -0.2) is 0 Å². The zero-order chi connectivity index (χ0) is 30.8. The molecule has 0 radical (unpaired) electrons. The van der Waals surface area contributed by atoms with Crippen LogP contribution in [0.15, 0.2) is 72.8 Å². The minimum atomic E-state index is -4.51. The van der Waals surface area contributed by atoms with Gasteiger partial charge in [-0.15, -0.1) is 0 Å². The number of hydrogen-bond donors (Lipinski definition) is 1. The predicted octanol–water partition coefficient (Wildman–Crippen LogP) is 4.81. The molecule has 0 saturated carbocycles. The van der Waals surface area contributed by atoms with Crippen molar-refractivity contribution >= 4 is 17.7 Å². The van der Waals surface area contributed by atoms with Gasteiger partial charge >= 0.3 is 6.18 Å². The number of carbonyl (C=O) groups excluding carboxylic acids is 3. The molecule has 5 rings (SSSR count). The molecule has 1 spiro atoms. The van der Waals surface area contributed by atoms with Gasteiger partial charge in [0.1, 0.15) is 17.5 Å². The fourth-order valence-corrected chi connectivity index (χ4v) is 5.54. The van der Waals surface area contributed by atoms with Crippen LogP contribution in [0.2, 0.25) is 0 Å². The highest BCUT2D eigenvalue weighted by atomic mass is 19.4. The molecule has 226 valence electrons. The maximum atomic E-state index is 13.9. The van der Waals surface area contributed by atoms with E-state index in [2.05, 4.69) is 5.32 Å². The van der Waals surface area contributed by atoms with E-state index in [1.807, 2.05) is 6.92 Å². The summed E-state index contributed by atoms with van der Waals surface area (Å²) in [6, 6.07) is 17.5. The molecule has 2 saturated heterocycles. The van der Waals surface area contributed by atoms with Crippen LogP contribution in [0, 0.1) is 6.92 Å². The van der Waals surface area contributed by atoms with Crippen molar-refractivity contribution in [1.29, 1.82) is 0 Å². The lowest BCUT2D eigenvalue weighted by atomic mass is 9.96. The summed E-state index contributed by atoms with van der Waals surface area (Å²) >= 11 is 0. The van der Waals surface area contributed by atoms with Gasteiger partial charge in [-0.3, -0.25) is 19.3 Å². The molecule has 11 heteroatoms. The fourth-order valence-electron chi connectivity index (χ4n) is 5.54. The summed E-state index contributed by atoms with van der Waals surface area (Å²) in [5.41, 5.74) is 0.181. The molecule has 43 heavy (non-hydrogen) atoms. The van der Waals surface area contributed by atoms with Gasteiger partial charge < -0.3 is 19.7 Å². The van der Waals surface area contributed by atoms with E-state index in [9.17, 15) is 27.6 Å². The summed E-state index contributed by atoms with van der Waals surface area (Å²) in [7, 11) is 1.55. The lowest BCUT2D eigenvalue weighted by Crippen LogP contribution is -2.59. The highest BCUT2D eigenvalue weighted by Crippen LogP contribution is 2.39. The van der Waals surface area contributed by atoms with Gasteiger partial charge in [-0.1, -0.05) is 29.8 Å². The van der Waals surface area contributed by atoms with E-state index in [-0.39, 0.29) is 37.5 Å². The number of methoxy groups -OCH3 is 1. The third-order valence-electron chi connectivity index (χ3n) is 7.97. The summed E-state index contributed by atoms with van der Waals surface area (Å²) < 4.78 is 50.9. The largest absolute Gasteiger partial charge is 0.497 e. The van der Waals surface area contributed by atoms with Crippen molar-refractivity contribution in [3.63, 3.8) is 0 Å². The number of piperidine rings is 1. The molecule has 1 N–H and O–H groups in total. The molecule has 2 heterocycles. The Morgan fingerprint density at radius 2 is 1.58 bits per heavy atom. The van der Waals surface area contributed by atoms with Crippen molar-refractivity contribution in [3.8, 4) is 5.75 Å². The standard InChI is InChI=1S/C32H32F3N3O5/c1-21-6-8-24(9-7-21)30(41)38-27(28(39)36-19-22-4-3-5-25(18-22)32(33,34)35)20-43-31(38)14-16-37(17-15-31)29(40)23-10-12-26(42-2)13-11-23/h3-13,18,27H,14-17,19-20H2,1-2H3,(H,36,39)/t27-/m0/s1. The Morgan fingerprint density at radius 1 is 0.953 bits per heavy atom. The number of amides is 3. The van der Waals surface area contributed by atoms with Gasteiger partial charge in [0, 0.05) is 43.6 Å². The molecule has 0 bridgehead atoms. The third-order valence-corrected chi connectivity index (χ3v) is 7.97. The van der Waals surface area contributed by atoms with E-state index >= 15 is 0 Å². The second-order valence-electron chi connectivity index (χ2n) is 10.8. The Balaban J connectivity index is 1.34. The maximum absolute atomic E-state index is 13.9. The average Bonchev–Trinajstić information content (AvgIpc) is 3.38. The molecule has 3 amide bonds. The van der Waals surface area contributed by atoms with E-state index in [0.717, 1.165) is 17.7 Å². The van der Waals surface area contributed by atoms with Crippen LogP contribution in [0.25, 0.3) is 0 Å². The maximum Gasteiger partial charge on any atom is 0.416 e. The van der Waals surface area contributed by atoms with Crippen LogP contribution in [0.4, 0.5) is 13.2 Å². The van der Waals surface area contributed by atoms with Crippen LogP contribution in [-0.4, -0.2) is 66.1 Å². The second kappa shape index (κ2) is 12.1. The molecule has 0 aliphatic carbocycles. The van der Waals surface area contributed by atoms with Crippen LogP contribution in [-0.2, 0) is 22.3 Å². The van der Waals surface area contributed by atoms with E-state index in [1.54, 1.807) is 60.5 Å². The van der Waals surface area contributed by atoms with Crippen LogP contribution < -0.4 is 10.1 Å². The smallest absolute Gasteiger partial charge is 0.416 e. The molecule has 2 aliphatic heterocycles. The monoisotopic (exact) mass is 595 g/mol. The highest BCUT2D eigenvalue weighted by Gasteiger charge is 2.54. The van der Waals surface area contributed by atoms with Gasteiger partial charge in [-0.05, 0) is 61.0 Å². The topological polar surface area (TPSA) is 88.2 Å². The molecule has 0 aromatic heterocycles. The lowest BCUT2D eigenvalue weighted by Gasteiger charge is -2.44. The van der Waals surface area contributed by atoms with Crippen LogP contribution >= 0.6 is 0 Å². The number of nitrogens with one attached hydrogen (secondary N) is 1. The minimum Gasteiger partial charge on any atom is -0.497 e. The number of nitrogens with zero attached hydrogens (tertiary/aromatic N) is 2. The van der Waals surface area contributed by atoms with Crippen molar-refractivity contribution in [2.24, 2.45) is 0 Å². The van der Waals surface area contributed by atoms with Crippen molar-refractivity contribution in [3.05, 3.63) is 101 Å². The zero-order valence-corrected chi connectivity index (χ0v) is 23.8. The van der Waals surface area contributed by atoms with Crippen LogP contribution in [0.3, 0.4) is 0 Å². The minimum absolute atomic E-state index is 0.0849. The Labute approximate surface area is 247 Å². The van der Waals surface area contributed by atoms with Crippen molar-refractivity contribution in [2.75, 3.05) is 26.8 Å². The summed E-state index contributed by atoms with van der Waals surface area (Å²) in [5, 5.41) is 2.69. The normalized spacial score (nSPS) is 18.0. The summed E-state index contributed by atoms with van der Waals surface area (Å²) in [6.45, 7) is 2.25. The summed E-state index contributed by atoms with van der Waals surface area (Å²) in [6.07, 6.45) is -3.94. The molecular formula is C32H32F3N3O5. The number of alkyl halides is 3. The predicted molar refractivity (Wildman–Crippen MR) is 151 cm³/mol. The Bertz CT molecular complexity index is 1480. The fraction of sp³-hybridized carbons (Fsp3) is 0.344. The van der Waals surface area contributed by atoms with E-state index < -0.39 is 35.3 Å². The van der Waals surface area contributed by atoms with E-state index in [4.69, 9.17) is 9.47 Å². The number of ether oxygens (including phenoxy) is 2. The Hall–Kier alpha value is -4.38. The lowest BCUT2D eigenvalue weighted by molar-refractivity contribution is -0.137. The number of hydrogen-bond acceptors (Lipinski definition) is 5. The third kappa shape index (κ3) is 6.36. The number of benzene rings is 3. The molecule has 1 atom stereocenters. The number of aryl methyl sites for hydroxylation is 1.